The lowest BCUT2D eigenvalue weighted by Crippen LogP contribution is -2.32. The molecule has 0 amide bonds. The summed E-state index contributed by atoms with van der Waals surface area (Å²) in [6.07, 6.45) is 1.71. The van der Waals surface area contributed by atoms with Crippen molar-refractivity contribution in [1.29, 1.82) is 0 Å². The SMILES string of the molecule is CCOC(=O)C=C(c1ccccc1)[P+](c1ccccc1)(c1ccccc1)c1ccccc1. The highest BCUT2D eigenvalue weighted by Gasteiger charge is 2.50. The van der Waals surface area contributed by atoms with Crippen LogP contribution in [0.25, 0.3) is 5.31 Å². The molecule has 32 heavy (non-hydrogen) atoms. The lowest BCUT2D eigenvalue weighted by atomic mass is 10.2. The predicted molar refractivity (Wildman–Crippen MR) is 136 cm³/mol. The molecule has 0 radical (unpaired) electrons. The Labute approximate surface area is 190 Å². The van der Waals surface area contributed by atoms with Crippen molar-refractivity contribution < 1.29 is 9.53 Å². The average molecular weight is 437 g/mol. The van der Waals surface area contributed by atoms with Crippen LogP contribution in [0.3, 0.4) is 0 Å². The lowest BCUT2D eigenvalue weighted by molar-refractivity contribution is -0.137. The quantitative estimate of drug-likeness (QED) is 0.214. The molecule has 0 atom stereocenters. The average Bonchev–Trinajstić information content (AvgIpc) is 2.86. The molecule has 0 aromatic heterocycles. The Morgan fingerprint density at radius 2 is 1.03 bits per heavy atom. The zero-order chi connectivity index (χ0) is 22.2. The number of hydrogen-bond acceptors (Lipinski definition) is 2. The van der Waals surface area contributed by atoms with E-state index in [0.29, 0.717) is 6.61 Å². The smallest absolute Gasteiger partial charge is 0.334 e. The number of benzene rings is 4. The van der Waals surface area contributed by atoms with Gasteiger partial charge in [-0.2, -0.15) is 0 Å². The molecule has 4 aromatic carbocycles. The van der Waals surface area contributed by atoms with E-state index in [-0.39, 0.29) is 5.97 Å². The summed E-state index contributed by atoms with van der Waals surface area (Å²) in [6, 6.07) is 41.8. The number of carbonyl (C=O) groups is 1. The van der Waals surface area contributed by atoms with Gasteiger partial charge in [0.15, 0.2) is 0 Å². The summed E-state index contributed by atoms with van der Waals surface area (Å²) in [5.74, 6) is -0.321. The second-order valence-electron chi connectivity index (χ2n) is 7.33. The fourth-order valence-electron chi connectivity index (χ4n) is 4.10. The van der Waals surface area contributed by atoms with Gasteiger partial charge in [-0.15, -0.1) is 0 Å². The molecule has 0 aliphatic heterocycles. The van der Waals surface area contributed by atoms with Crippen LogP contribution in [-0.4, -0.2) is 12.6 Å². The molecule has 0 unspecified atom stereocenters. The molecule has 0 aliphatic rings. The minimum absolute atomic E-state index is 0.321. The zero-order valence-corrected chi connectivity index (χ0v) is 19.0. The number of esters is 1. The molecule has 2 nitrogen and oxygen atoms in total. The van der Waals surface area contributed by atoms with E-state index in [1.807, 2.05) is 43.3 Å². The Bertz CT molecular complexity index is 1070. The van der Waals surface area contributed by atoms with Crippen molar-refractivity contribution in [3.05, 3.63) is 133 Å². The molecule has 0 fully saturated rings. The van der Waals surface area contributed by atoms with Crippen LogP contribution in [-0.2, 0) is 9.53 Å². The molecule has 0 saturated heterocycles. The fraction of sp³-hybridized carbons (Fsp3) is 0.0690. The number of carbonyl (C=O) groups excluding carboxylic acids is 1. The van der Waals surface area contributed by atoms with E-state index in [1.54, 1.807) is 6.08 Å². The van der Waals surface area contributed by atoms with Crippen LogP contribution >= 0.6 is 7.26 Å². The Hall–Kier alpha value is -3.48. The first-order valence-corrected chi connectivity index (χ1v) is 12.6. The standard InChI is InChI=1S/C29H26O2P/c1-2-31-29(30)23-28(24-15-7-3-8-16-24)32(25-17-9-4-10-18-25,26-19-11-5-12-20-26)27-21-13-6-14-22-27/h3-23H,2H2,1H3/q+1. The summed E-state index contributed by atoms with van der Waals surface area (Å²) >= 11 is 0. The minimum Gasteiger partial charge on any atom is -0.463 e. The van der Waals surface area contributed by atoms with Crippen molar-refractivity contribution in [3.8, 4) is 0 Å². The Kier molecular flexibility index (Phi) is 6.94. The van der Waals surface area contributed by atoms with Gasteiger partial charge in [0.25, 0.3) is 0 Å². The monoisotopic (exact) mass is 437 g/mol. The molecule has 4 aromatic rings. The summed E-state index contributed by atoms with van der Waals surface area (Å²) in [7, 11) is -2.40. The number of hydrogen-bond donors (Lipinski definition) is 0. The molecule has 0 aliphatic carbocycles. The normalized spacial score (nSPS) is 11.7. The second kappa shape index (κ2) is 10.2. The first kappa shape index (κ1) is 21.7. The predicted octanol–water partition coefficient (Wildman–Crippen LogP) is 5.58. The summed E-state index contributed by atoms with van der Waals surface area (Å²) < 4.78 is 5.40. The molecule has 4 rings (SSSR count). The molecule has 0 saturated carbocycles. The Balaban J connectivity index is 2.15. The first-order chi connectivity index (χ1) is 15.8. The van der Waals surface area contributed by atoms with Crippen LogP contribution in [0.2, 0.25) is 0 Å². The number of rotatable bonds is 7. The molecular weight excluding hydrogens is 411 g/mol. The van der Waals surface area contributed by atoms with Crippen molar-refractivity contribution in [3.63, 3.8) is 0 Å². The van der Waals surface area contributed by atoms with Crippen molar-refractivity contribution >= 4 is 34.5 Å². The maximum atomic E-state index is 12.9. The van der Waals surface area contributed by atoms with Gasteiger partial charge in [0.1, 0.15) is 28.5 Å². The van der Waals surface area contributed by atoms with Crippen LogP contribution in [0, 0.1) is 0 Å². The first-order valence-electron chi connectivity index (χ1n) is 10.8. The van der Waals surface area contributed by atoms with E-state index in [9.17, 15) is 4.79 Å². The van der Waals surface area contributed by atoms with Gasteiger partial charge >= 0.3 is 5.97 Å². The van der Waals surface area contributed by atoms with Gasteiger partial charge in [0, 0.05) is 5.56 Å². The van der Waals surface area contributed by atoms with E-state index < -0.39 is 7.26 Å². The summed E-state index contributed by atoms with van der Waals surface area (Å²) in [5, 5.41) is 4.56. The fourth-order valence-corrected chi connectivity index (χ4v) is 8.52. The van der Waals surface area contributed by atoms with Gasteiger partial charge in [-0.3, -0.25) is 0 Å². The zero-order valence-electron chi connectivity index (χ0n) is 18.1. The highest BCUT2D eigenvalue weighted by molar-refractivity contribution is 8.03. The van der Waals surface area contributed by atoms with E-state index in [4.69, 9.17) is 4.74 Å². The van der Waals surface area contributed by atoms with Crippen LogP contribution in [0.4, 0.5) is 0 Å². The van der Waals surface area contributed by atoms with Crippen molar-refractivity contribution in [2.75, 3.05) is 6.61 Å². The Morgan fingerprint density at radius 1 is 0.656 bits per heavy atom. The van der Waals surface area contributed by atoms with E-state index in [0.717, 1.165) is 10.9 Å². The van der Waals surface area contributed by atoms with Crippen LogP contribution < -0.4 is 15.9 Å². The minimum atomic E-state index is -2.40. The van der Waals surface area contributed by atoms with Crippen LogP contribution in [0.1, 0.15) is 12.5 Å². The van der Waals surface area contributed by atoms with Crippen molar-refractivity contribution in [2.45, 2.75) is 6.92 Å². The van der Waals surface area contributed by atoms with E-state index in [2.05, 4.69) is 84.9 Å². The molecule has 0 heterocycles. The molecule has 158 valence electrons. The second-order valence-corrected chi connectivity index (χ2v) is 10.7. The summed E-state index contributed by atoms with van der Waals surface area (Å²) in [5.41, 5.74) is 1.02. The van der Waals surface area contributed by atoms with E-state index in [1.165, 1.54) is 15.9 Å². The molecule has 0 N–H and O–H groups in total. The van der Waals surface area contributed by atoms with Gasteiger partial charge in [-0.25, -0.2) is 4.79 Å². The van der Waals surface area contributed by atoms with Crippen LogP contribution in [0.5, 0.6) is 0 Å². The molecule has 0 bridgehead atoms. The van der Waals surface area contributed by atoms with E-state index >= 15 is 0 Å². The van der Waals surface area contributed by atoms with Gasteiger partial charge in [-0.1, -0.05) is 84.9 Å². The third-order valence-corrected chi connectivity index (χ3v) is 9.73. The maximum absolute atomic E-state index is 12.9. The largest absolute Gasteiger partial charge is 0.463 e. The number of ether oxygens (including phenoxy) is 1. The van der Waals surface area contributed by atoms with Gasteiger partial charge in [-0.05, 0) is 43.3 Å². The molecular formula is C29H26O2P+. The third kappa shape index (κ3) is 4.28. The van der Waals surface area contributed by atoms with Gasteiger partial charge < -0.3 is 4.74 Å². The van der Waals surface area contributed by atoms with Gasteiger partial charge in [0.05, 0.1) is 12.7 Å². The molecule has 0 spiro atoms. The highest BCUT2D eigenvalue weighted by atomic mass is 31.2. The van der Waals surface area contributed by atoms with Crippen molar-refractivity contribution in [2.24, 2.45) is 0 Å². The Morgan fingerprint density at radius 3 is 1.41 bits per heavy atom. The topological polar surface area (TPSA) is 26.3 Å². The highest BCUT2D eigenvalue weighted by Crippen LogP contribution is 2.66. The summed E-state index contributed by atoms with van der Waals surface area (Å²) in [4.78, 5) is 12.9. The third-order valence-electron chi connectivity index (χ3n) is 5.40. The summed E-state index contributed by atoms with van der Waals surface area (Å²) in [6.45, 7) is 2.17. The van der Waals surface area contributed by atoms with Gasteiger partial charge in [0.2, 0.25) is 0 Å². The van der Waals surface area contributed by atoms with Crippen molar-refractivity contribution in [1.82, 2.24) is 0 Å². The maximum Gasteiger partial charge on any atom is 0.334 e. The lowest BCUT2D eigenvalue weighted by Gasteiger charge is -2.29. The molecule has 3 heteroatoms. The van der Waals surface area contributed by atoms with Crippen LogP contribution in [0.15, 0.2) is 127 Å².